The standard InChI is InChI=1S/C21H25NO2/c1-2-17-9-6-10-20(15-17)19-11-13-22(14-12-19)21(23)24-16-18-7-4-3-5-8-18/h3-10,15,19H,2,11-14,16H2,1H3. The summed E-state index contributed by atoms with van der Waals surface area (Å²) in [5.74, 6) is 0.551. The number of nitrogens with zero attached hydrogens (tertiary/aromatic N) is 1. The first-order chi connectivity index (χ1) is 11.8. The molecule has 0 atom stereocenters. The fourth-order valence-corrected chi connectivity index (χ4v) is 3.27. The number of ether oxygens (including phenoxy) is 1. The summed E-state index contributed by atoms with van der Waals surface area (Å²) >= 11 is 0. The Morgan fingerprint density at radius 3 is 2.46 bits per heavy atom. The van der Waals surface area contributed by atoms with Crippen LogP contribution < -0.4 is 0 Å². The first-order valence-electron chi connectivity index (χ1n) is 8.80. The fourth-order valence-electron chi connectivity index (χ4n) is 3.27. The van der Waals surface area contributed by atoms with E-state index < -0.39 is 0 Å². The largest absolute Gasteiger partial charge is 0.445 e. The molecule has 0 N–H and O–H groups in total. The van der Waals surface area contributed by atoms with Crippen LogP contribution in [0.5, 0.6) is 0 Å². The summed E-state index contributed by atoms with van der Waals surface area (Å²) < 4.78 is 5.43. The van der Waals surface area contributed by atoms with Crippen LogP contribution >= 0.6 is 0 Å². The SMILES string of the molecule is CCc1cccc(C2CCN(C(=O)OCc3ccccc3)CC2)c1. The Bertz CT molecular complexity index is 661. The fraction of sp³-hybridized carbons (Fsp3) is 0.381. The van der Waals surface area contributed by atoms with E-state index in [4.69, 9.17) is 4.74 Å². The minimum atomic E-state index is -0.195. The van der Waals surface area contributed by atoms with Gasteiger partial charge in [-0.1, -0.05) is 61.5 Å². The van der Waals surface area contributed by atoms with E-state index in [1.807, 2.05) is 35.2 Å². The van der Waals surface area contributed by atoms with Crippen LogP contribution in [0.15, 0.2) is 54.6 Å². The van der Waals surface area contributed by atoms with Gasteiger partial charge in [0.15, 0.2) is 0 Å². The quantitative estimate of drug-likeness (QED) is 0.811. The Labute approximate surface area is 144 Å². The Morgan fingerprint density at radius 2 is 1.75 bits per heavy atom. The molecule has 1 heterocycles. The highest BCUT2D eigenvalue weighted by Crippen LogP contribution is 2.29. The molecular formula is C21H25NO2. The number of piperidine rings is 1. The van der Waals surface area contributed by atoms with E-state index in [-0.39, 0.29) is 6.09 Å². The van der Waals surface area contributed by atoms with Crippen LogP contribution in [0.1, 0.15) is 42.4 Å². The molecule has 1 saturated heterocycles. The molecule has 0 bridgehead atoms. The molecule has 0 radical (unpaired) electrons. The molecule has 3 heteroatoms. The second kappa shape index (κ2) is 8.00. The zero-order valence-electron chi connectivity index (χ0n) is 14.3. The lowest BCUT2D eigenvalue weighted by atomic mass is 9.88. The molecule has 3 nitrogen and oxygen atoms in total. The molecule has 126 valence electrons. The lowest BCUT2D eigenvalue weighted by Crippen LogP contribution is -2.38. The van der Waals surface area contributed by atoms with E-state index in [2.05, 4.69) is 31.2 Å². The minimum absolute atomic E-state index is 0.195. The van der Waals surface area contributed by atoms with Gasteiger partial charge >= 0.3 is 6.09 Å². The zero-order chi connectivity index (χ0) is 16.8. The molecule has 2 aromatic carbocycles. The highest BCUT2D eigenvalue weighted by atomic mass is 16.6. The van der Waals surface area contributed by atoms with E-state index in [1.54, 1.807) is 0 Å². The van der Waals surface area contributed by atoms with Crippen molar-refractivity contribution in [3.63, 3.8) is 0 Å². The second-order valence-corrected chi connectivity index (χ2v) is 6.40. The van der Waals surface area contributed by atoms with Gasteiger partial charge in [0.2, 0.25) is 0 Å². The molecule has 1 aliphatic heterocycles. The third-order valence-electron chi connectivity index (χ3n) is 4.79. The number of carbonyl (C=O) groups is 1. The van der Waals surface area contributed by atoms with Gasteiger partial charge in [-0.05, 0) is 41.9 Å². The highest BCUT2D eigenvalue weighted by molar-refractivity contribution is 5.67. The van der Waals surface area contributed by atoms with E-state index in [9.17, 15) is 4.79 Å². The molecule has 1 amide bonds. The van der Waals surface area contributed by atoms with Crippen LogP contribution in [0.4, 0.5) is 4.79 Å². The molecule has 0 spiro atoms. The molecule has 0 aliphatic carbocycles. The molecule has 0 aromatic heterocycles. The lowest BCUT2D eigenvalue weighted by molar-refractivity contribution is 0.0870. The molecular weight excluding hydrogens is 298 g/mol. The number of aryl methyl sites for hydroxylation is 1. The van der Waals surface area contributed by atoms with Gasteiger partial charge in [-0.3, -0.25) is 0 Å². The van der Waals surface area contributed by atoms with Gasteiger partial charge in [-0.25, -0.2) is 4.79 Å². The number of rotatable bonds is 4. The number of amides is 1. The Hall–Kier alpha value is -2.29. The first-order valence-corrected chi connectivity index (χ1v) is 8.80. The van der Waals surface area contributed by atoms with Crippen molar-refractivity contribution >= 4 is 6.09 Å². The number of carbonyl (C=O) groups excluding carboxylic acids is 1. The van der Waals surface area contributed by atoms with Crippen LogP contribution in [0.25, 0.3) is 0 Å². The topological polar surface area (TPSA) is 29.5 Å². The van der Waals surface area contributed by atoms with Gasteiger partial charge in [0.1, 0.15) is 6.61 Å². The van der Waals surface area contributed by atoms with Crippen LogP contribution in [0.3, 0.4) is 0 Å². The maximum atomic E-state index is 12.2. The van der Waals surface area contributed by atoms with Gasteiger partial charge < -0.3 is 9.64 Å². The predicted octanol–water partition coefficient (Wildman–Crippen LogP) is 4.77. The monoisotopic (exact) mass is 323 g/mol. The maximum absolute atomic E-state index is 12.2. The zero-order valence-corrected chi connectivity index (χ0v) is 14.3. The average molecular weight is 323 g/mol. The normalized spacial score (nSPS) is 15.3. The van der Waals surface area contributed by atoms with Gasteiger partial charge in [-0.2, -0.15) is 0 Å². The van der Waals surface area contributed by atoms with Gasteiger partial charge in [0.25, 0.3) is 0 Å². The van der Waals surface area contributed by atoms with Crippen LogP contribution in [0, 0.1) is 0 Å². The number of likely N-dealkylation sites (tertiary alicyclic amines) is 1. The summed E-state index contributed by atoms with van der Waals surface area (Å²) in [5, 5.41) is 0. The molecule has 2 aromatic rings. The Kier molecular flexibility index (Phi) is 5.52. The number of hydrogen-bond donors (Lipinski definition) is 0. The van der Waals surface area contributed by atoms with Gasteiger partial charge in [0.05, 0.1) is 0 Å². The Morgan fingerprint density at radius 1 is 1.04 bits per heavy atom. The summed E-state index contributed by atoms with van der Waals surface area (Å²) in [6, 6.07) is 18.7. The number of benzene rings is 2. The summed E-state index contributed by atoms with van der Waals surface area (Å²) in [7, 11) is 0. The smallest absolute Gasteiger partial charge is 0.410 e. The molecule has 24 heavy (non-hydrogen) atoms. The van der Waals surface area contributed by atoms with E-state index in [0.717, 1.165) is 37.9 Å². The van der Waals surface area contributed by atoms with Crippen molar-refractivity contribution in [2.75, 3.05) is 13.1 Å². The maximum Gasteiger partial charge on any atom is 0.410 e. The first kappa shape index (κ1) is 16.6. The van der Waals surface area contributed by atoms with Crippen LogP contribution in [0.2, 0.25) is 0 Å². The Balaban J connectivity index is 1.50. The molecule has 0 saturated carbocycles. The van der Waals surface area contributed by atoms with Crippen molar-refractivity contribution in [1.82, 2.24) is 4.90 Å². The molecule has 0 unspecified atom stereocenters. The van der Waals surface area contributed by atoms with E-state index >= 15 is 0 Å². The van der Waals surface area contributed by atoms with E-state index in [0.29, 0.717) is 12.5 Å². The number of hydrogen-bond acceptors (Lipinski definition) is 2. The third kappa shape index (κ3) is 4.16. The highest BCUT2D eigenvalue weighted by Gasteiger charge is 2.24. The van der Waals surface area contributed by atoms with Crippen molar-refractivity contribution in [2.45, 2.75) is 38.7 Å². The average Bonchev–Trinajstić information content (AvgIpc) is 2.67. The summed E-state index contributed by atoms with van der Waals surface area (Å²) in [4.78, 5) is 14.1. The van der Waals surface area contributed by atoms with Crippen LogP contribution in [-0.4, -0.2) is 24.1 Å². The van der Waals surface area contributed by atoms with Crippen molar-refractivity contribution in [1.29, 1.82) is 0 Å². The summed E-state index contributed by atoms with van der Waals surface area (Å²) in [5.41, 5.74) is 3.82. The van der Waals surface area contributed by atoms with Gasteiger partial charge in [-0.15, -0.1) is 0 Å². The molecule has 1 aliphatic rings. The molecule has 3 rings (SSSR count). The van der Waals surface area contributed by atoms with Crippen molar-refractivity contribution in [2.24, 2.45) is 0 Å². The predicted molar refractivity (Wildman–Crippen MR) is 96.0 cm³/mol. The summed E-state index contributed by atoms with van der Waals surface area (Å²) in [6.07, 6.45) is 2.89. The summed E-state index contributed by atoms with van der Waals surface area (Å²) in [6.45, 7) is 4.08. The van der Waals surface area contributed by atoms with Crippen molar-refractivity contribution < 1.29 is 9.53 Å². The third-order valence-corrected chi connectivity index (χ3v) is 4.79. The van der Waals surface area contributed by atoms with Gasteiger partial charge in [0, 0.05) is 13.1 Å². The van der Waals surface area contributed by atoms with Crippen LogP contribution in [-0.2, 0) is 17.8 Å². The lowest BCUT2D eigenvalue weighted by Gasteiger charge is -2.31. The second-order valence-electron chi connectivity index (χ2n) is 6.40. The van der Waals surface area contributed by atoms with Crippen molar-refractivity contribution in [3.05, 3.63) is 71.3 Å². The van der Waals surface area contributed by atoms with E-state index in [1.165, 1.54) is 11.1 Å². The minimum Gasteiger partial charge on any atom is -0.445 e. The van der Waals surface area contributed by atoms with Crippen molar-refractivity contribution in [3.8, 4) is 0 Å². The molecule has 1 fully saturated rings.